The Bertz CT molecular complexity index is 1570. The molecule has 0 amide bonds. The van der Waals surface area contributed by atoms with E-state index in [-0.39, 0.29) is 5.92 Å². The molecule has 4 aromatic rings. The molecule has 7 heteroatoms. The van der Waals surface area contributed by atoms with Crippen molar-refractivity contribution < 1.29 is 4.74 Å². The average Bonchev–Trinajstić information content (AvgIpc) is 3.37. The highest BCUT2D eigenvalue weighted by molar-refractivity contribution is 6.24. The summed E-state index contributed by atoms with van der Waals surface area (Å²) in [5.74, 6) is 0.343. The number of aromatic nitrogens is 2. The summed E-state index contributed by atoms with van der Waals surface area (Å²) >= 11 is 0. The number of nitriles is 1. The normalized spacial score (nSPS) is 18.5. The van der Waals surface area contributed by atoms with Gasteiger partial charge in [-0.3, -0.25) is 15.0 Å². The third-order valence-corrected chi connectivity index (χ3v) is 6.56. The fraction of sp³-hybridized carbons (Fsp3) is 0.100. The summed E-state index contributed by atoms with van der Waals surface area (Å²) < 4.78 is 5.77. The van der Waals surface area contributed by atoms with Crippen LogP contribution in [0.2, 0.25) is 0 Å². The first-order valence-electron chi connectivity index (χ1n) is 11.9. The van der Waals surface area contributed by atoms with Crippen LogP contribution in [0.5, 0.6) is 5.75 Å². The minimum absolute atomic E-state index is 0.337. The van der Waals surface area contributed by atoms with Gasteiger partial charge in [-0.1, -0.05) is 36.4 Å². The Morgan fingerprint density at radius 3 is 2.22 bits per heavy atom. The fourth-order valence-electron chi connectivity index (χ4n) is 4.96. The first-order valence-corrected chi connectivity index (χ1v) is 11.9. The Labute approximate surface area is 214 Å². The molecule has 6 rings (SSSR count). The fourth-order valence-corrected chi connectivity index (χ4v) is 4.96. The van der Waals surface area contributed by atoms with Gasteiger partial charge in [0.2, 0.25) is 0 Å². The Kier molecular flexibility index (Phi) is 5.75. The summed E-state index contributed by atoms with van der Waals surface area (Å²) in [4.78, 5) is 13.8. The topological polar surface area (TPSA) is 86.8 Å². The first kappa shape index (κ1) is 22.4. The third kappa shape index (κ3) is 3.85. The largest absolute Gasteiger partial charge is 0.496 e. The summed E-state index contributed by atoms with van der Waals surface area (Å²) in [5, 5.41) is 17.6. The van der Waals surface area contributed by atoms with Crippen LogP contribution in [-0.2, 0) is 0 Å². The summed E-state index contributed by atoms with van der Waals surface area (Å²) in [5.41, 5.74) is 6.06. The van der Waals surface area contributed by atoms with Crippen LogP contribution in [0.1, 0.15) is 16.7 Å². The van der Waals surface area contributed by atoms with Crippen molar-refractivity contribution in [1.82, 2.24) is 9.97 Å². The maximum atomic E-state index is 10.6. The molecule has 7 nitrogen and oxygen atoms in total. The number of allylic oxidation sites excluding steroid dienone is 1. The molecular weight excluding hydrogens is 460 g/mol. The number of ether oxygens (including phenoxy) is 1. The van der Waals surface area contributed by atoms with Crippen LogP contribution in [0, 0.1) is 17.2 Å². The molecule has 2 aliphatic rings. The van der Waals surface area contributed by atoms with Crippen molar-refractivity contribution in [2.24, 2.45) is 16.0 Å². The average molecular weight is 483 g/mol. The number of para-hydroxylation sites is 2. The number of hydrazone groups is 1. The molecule has 0 spiro atoms. The van der Waals surface area contributed by atoms with E-state index < -0.39 is 6.17 Å². The van der Waals surface area contributed by atoms with E-state index in [1.807, 2.05) is 83.9 Å². The zero-order chi connectivity index (χ0) is 25.2. The highest BCUT2D eigenvalue weighted by Gasteiger charge is 2.46. The number of dihydropyridines is 1. The van der Waals surface area contributed by atoms with Crippen molar-refractivity contribution in [2.75, 3.05) is 12.1 Å². The number of methoxy groups -OCH3 is 1. The Morgan fingerprint density at radius 2 is 1.54 bits per heavy atom. The molecule has 4 heterocycles. The van der Waals surface area contributed by atoms with Crippen molar-refractivity contribution in [2.45, 2.75) is 6.17 Å². The van der Waals surface area contributed by atoms with Crippen molar-refractivity contribution in [1.29, 1.82) is 5.26 Å². The number of benzene rings is 2. The van der Waals surface area contributed by atoms with Crippen LogP contribution in [0.3, 0.4) is 0 Å². The van der Waals surface area contributed by atoms with Crippen LogP contribution in [0.25, 0.3) is 5.57 Å². The molecule has 2 aromatic carbocycles. The van der Waals surface area contributed by atoms with Crippen LogP contribution in [0.15, 0.2) is 119 Å². The van der Waals surface area contributed by atoms with Crippen molar-refractivity contribution in [3.05, 3.63) is 126 Å². The minimum Gasteiger partial charge on any atom is -0.496 e. The zero-order valence-electron chi connectivity index (χ0n) is 20.1. The van der Waals surface area contributed by atoms with Gasteiger partial charge in [-0.15, -0.1) is 0 Å². The Balaban J connectivity index is 1.66. The van der Waals surface area contributed by atoms with Gasteiger partial charge in [-0.2, -0.15) is 10.4 Å². The van der Waals surface area contributed by atoms with E-state index in [1.54, 1.807) is 31.9 Å². The lowest BCUT2D eigenvalue weighted by Crippen LogP contribution is -2.38. The number of hydrogen-bond acceptors (Lipinski definition) is 7. The van der Waals surface area contributed by atoms with Crippen LogP contribution < -0.4 is 9.75 Å². The Morgan fingerprint density at radius 1 is 0.838 bits per heavy atom. The van der Waals surface area contributed by atoms with Gasteiger partial charge in [-0.25, -0.2) is 5.01 Å². The molecule has 0 radical (unpaired) electrons. The molecule has 0 bridgehead atoms. The van der Waals surface area contributed by atoms with Crippen molar-refractivity contribution >= 4 is 22.7 Å². The van der Waals surface area contributed by atoms with E-state index in [0.29, 0.717) is 17.0 Å². The predicted molar refractivity (Wildman–Crippen MR) is 143 cm³/mol. The highest BCUT2D eigenvalue weighted by atomic mass is 16.5. The zero-order valence-corrected chi connectivity index (χ0v) is 20.1. The lowest BCUT2D eigenvalue weighted by Gasteiger charge is -2.32. The van der Waals surface area contributed by atoms with Crippen molar-refractivity contribution in [3.8, 4) is 11.8 Å². The molecule has 0 fully saturated rings. The molecule has 0 aliphatic carbocycles. The van der Waals surface area contributed by atoms with Gasteiger partial charge in [-0.05, 0) is 48.0 Å². The van der Waals surface area contributed by atoms with E-state index in [9.17, 15) is 5.26 Å². The maximum Gasteiger partial charge on any atom is 0.155 e. The van der Waals surface area contributed by atoms with E-state index in [4.69, 9.17) is 14.8 Å². The second kappa shape index (κ2) is 9.51. The second-order valence-electron chi connectivity index (χ2n) is 8.62. The van der Waals surface area contributed by atoms with Gasteiger partial charge >= 0.3 is 0 Å². The maximum absolute atomic E-state index is 10.6. The molecular formula is C30H22N6O. The monoisotopic (exact) mass is 482 g/mol. The number of aliphatic imine (C=N–C) groups is 1. The lowest BCUT2D eigenvalue weighted by atomic mass is 9.78. The molecule has 0 saturated heterocycles. The van der Waals surface area contributed by atoms with Crippen LogP contribution in [-0.4, -0.2) is 34.7 Å². The van der Waals surface area contributed by atoms with Gasteiger partial charge in [0.25, 0.3) is 0 Å². The van der Waals surface area contributed by atoms with Gasteiger partial charge < -0.3 is 4.74 Å². The summed E-state index contributed by atoms with van der Waals surface area (Å²) in [7, 11) is 1.64. The van der Waals surface area contributed by atoms with E-state index in [1.165, 1.54) is 0 Å². The molecule has 2 unspecified atom stereocenters. The standard InChI is InChI=1S/C30H22N6O/c1-37-25-14-6-5-13-23(25)26-24(17-31)28(20-9-7-15-32-18-20)34-30-27(26)29(21-10-8-16-33-19-21)35-36(30)22-11-3-2-4-12-22/h2-16,18-19,27,30H,1H3. The molecule has 0 saturated carbocycles. The van der Waals surface area contributed by atoms with Gasteiger partial charge in [0.1, 0.15) is 11.8 Å². The van der Waals surface area contributed by atoms with Gasteiger partial charge in [0.15, 0.2) is 6.17 Å². The number of rotatable bonds is 5. The number of fused-ring (bicyclic) bond motifs is 1. The lowest BCUT2D eigenvalue weighted by molar-refractivity contribution is 0.413. The number of nitrogens with zero attached hydrogens (tertiary/aromatic N) is 6. The number of anilines is 1. The Hall–Kier alpha value is -5.09. The molecule has 0 N–H and O–H groups in total. The van der Waals surface area contributed by atoms with E-state index >= 15 is 0 Å². The summed E-state index contributed by atoms with van der Waals surface area (Å²) in [6, 6.07) is 27.9. The number of pyridine rings is 2. The second-order valence-corrected chi connectivity index (χ2v) is 8.62. The molecule has 178 valence electrons. The highest BCUT2D eigenvalue weighted by Crippen LogP contribution is 2.46. The quantitative estimate of drug-likeness (QED) is 0.394. The first-order chi connectivity index (χ1) is 18.3. The summed E-state index contributed by atoms with van der Waals surface area (Å²) in [6.07, 6.45) is 6.56. The van der Waals surface area contributed by atoms with Gasteiger partial charge in [0, 0.05) is 41.5 Å². The molecule has 2 aliphatic heterocycles. The molecule has 2 aromatic heterocycles. The van der Waals surface area contributed by atoms with E-state index in [0.717, 1.165) is 33.7 Å². The summed E-state index contributed by atoms with van der Waals surface area (Å²) in [6.45, 7) is 0. The predicted octanol–water partition coefficient (Wildman–Crippen LogP) is 5.13. The minimum atomic E-state index is -0.426. The SMILES string of the molecule is COc1ccccc1C1=C(C#N)C(c2cccnc2)=NC2C1C(c1cccnc1)=NN2c1ccccc1. The van der Waals surface area contributed by atoms with E-state index in [2.05, 4.69) is 16.0 Å². The number of hydrogen-bond donors (Lipinski definition) is 0. The molecule has 37 heavy (non-hydrogen) atoms. The van der Waals surface area contributed by atoms with Crippen LogP contribution >= 0.6 is 0 Å². The van der Waals surface area contributed by atoms with Crippen molar-refractivity contribution in [3.63, 3.8) is 0 Å². The third-order valence-electron chi connectivity index (χ3n) is 6.56. The smallest absolute Gasteiger partial charge is 0.155 e. The van der Waals surface area contributed by atoms with Gasteiger partial charge in [0.05, 0.1) is 35.7 Å². The molecule has 2 atom stereocenters. The van der Waals surface area contributed by atoms with Crippen LogP contribution in [0.4, 0.5) is 5.69 Å².